The van der Waals surface area contributed by atoms with Crippen molar-refractivity contribution in [1.82, 2.24) is 4.57 Å². The van der Waals surface area contributed by atoms with E-state index in [-0.39, 0.29) is 0 Å². The Labute approximate surface area is 384 Å². The monoisotopic (exact) mass is 837 g/mol. The molecule has 0 N–H and O–H groups in total. The maximum absolute atomic E-state index is 4.84. The van der Waals surface area contributed by atoms with E-state index >= 15 is 0 Å². The second kappa shape index (κ2) is 15.3. The molecule has 1 aromatic heterocycles. The Morgan fingerprint density at radius 3 is 1.53 bits per heavy atom. The molecule has 0 bridgehead atoms. The van der Waals surface area contributed by atoms with Crippen LogP contribution in [0, 0.1) is 0 Å². The van der Waals surface area contributed by atoms with Gasteiger partial charge in [0.25, 0.3) is 0 Å². The molecular formula is C65H43N. The number of para-hydroxylation sites is 2. The smallest absolute Gasteiger partial charge is 0.0541 e. The Balaban J connectivity index is 0.979. The third kappa shape index (κ3) is 6.01. The van der Waals surface area contributed by atoms with Gasteiger partial charge in [0.1, 0.15) is 0 Å². The fourth-order valence-corrected chi connectivity index (χ4v) is 11.0. The van der Waals surface area contributed by atoms with Crippen LogP contribution in [-0.4, -0.2) is 4.57 Å². The highest BCUT2D eigenvalue weighted by Gasteiger charge is 2.23. The molecule has 1 heterocycles. The van der Waals surface area contributed by atoms with Gasteiger partial charge in [0.2, 0.25) is 0 Å². The van der Waals surface area contributed by atoms with E-state index in [2.05, 4.69) is 241 Å². The van der Waals surface area contributed by atoms with Crippen molar-refractivity contribution in [2.45, 2.75) is 6.42 Å². The first-order valence-corrected chi connectivity index (χ1v) is 22.9. The van der Waals surface area contributed by atoms with Crippen LogP contribution in [-0.2, 0) is 6.42 Å². The highest BCUT2D eigenvalue weighted by atomic mass is 15.0. The third-order valence-electron chi connectivity index (χ3n) is 14.0. The van der Waals surface area contributed by atoms with Gasteiger partial charge in [-0.25, -0.2) is 0 Å². The van der Waals surface area contributed by atoms with Gasteiger partial charge in [0.15, 0.2) is 0 Å². The molecule has 308 valence electrons. The predicted octanol–water partition coefficient (Wildman–Crippen LogP) is 17.6. The summed E-state index contributed by atoms with van der Waals surface area (Å²) in [4.78, 5) is 0. The van der Waals surface area contributed by atoms with Gasteiger partial charge in [-0.3, -0.25) is 0 Å². The number of hydrogen-bond donors (Lipinski definition) is 0. The van der Waals surface area contributed by atoms with Crippen molar-refractivity contribution in [3.05, 3.63) is 260 Å². The third-order valence-corrected chi connectivity index (χ3v) is 14.0. The van der Waals surface area contributed by atoms with Gasteiger partial charge in [0, 0.05) is 16.5 Å². The number of fused-ring (bicyclic) bond motifs is 11. The van der Waals surface area contributed by atoms with E-state index < -0.39 is 0 Å². The largest absolute Gasteiger partial charge is 0.309 e. The van der Waals surface area contributed by atoms with Crippen molar-refractivity contribution in [3.63, 3.8) is 0 Å². The number of hydrogen-bond acceptors (Lipinski definition) is 0. The molecule has 13 rings (SSSR count). The highest BCUT2D eigenvalue weighted by molar-refractivity contribution is 6.25. The predicted molar refractivity (Wildman–Crippen MR) is 283 cm³/mol. The minimum absolute atomic E-state index is 0.783. The van der Waals surface area contributed by atoms with Crippen LogP contribution in [0.3, 0.4) is 0 Å². The Bertz CT molecular complexity index is 3910. The summed E-state index contributed by atoms with van der Waals surface area (Å²) < 4.78 is 2.38. The quantitative estimate of drug-likeness (QED) is 0.156. The van der Waals surface area contributed by atoms with E-state index in [1.807, 2.05) is 0 Å². The summed E-state index contributed by atoms with van der Waals surface area (Å²) in [6.45, 7) is 4.84. The number of rotatable bonds is 4. The number of nitrogens with zero attached hydrogens (tertiary/aromatic N) is 1. The zero-order chi connectivity index (χ0) is 43.7. The average molecular weight is 838 g/mol. The zero-order valence-corrected chi connectivity index (χ0v) is 36.4. The van der Waals surface area contributed by atoms with E-state index in [1.165, 1.54) is 121 Å². The van der Waals surface area contributed by atoms with Crippen molar-refractivity contribution in [2.24, 2.45) is 0 Å². The molecule has 0 saturated heterocycles. The Hall–Kier alpha value is -8.52. The second-order valence-corrected chi connectivity index (χ2v) is 17.6. The minimum atomic E-state index is 0.783. The zero-order valence-electron chi connectivity index (χ0n) is 36.4. The van der Waals surface area contributed by atoms with Gasteiger partial charge in [-0.1, -0.05) is 207 Å². The summed E-state index contributed by atoms with van der Waals surface area (Å²) in [5.74, 6) is 0. The van der Waals surface area contributed by atoms with Gasteiger partial charge in [-0.05, 0) is 147 Å². The van der Waals surface area contributed by atoms with E-state index in [0.29, 0.717) is 0 Å². The van der Waals surface area contributed by atoms with Crippen molar-refractivity contribution >= 4 is 76.0 Å². The lowest BCUT2D eigenvalue weighted by Crippen LogP contribution is -1.99. The first-order chi connectivity index (χ1) is 32.7. The van der Waals surface area contributed by atoms with Crippen LogP contribution >= 0.6 is 0 Å². The molecule has 0 saturated carbocycles. The summed E-state index contributed by atoms with van der Waals surface area (Å²) in [5, 5.41) is 12.4. The molecule has 1 nitrogen and oxygen atoms in total. The van der Waals surface area contributed by atoms with Crippen molar-refractivity contribution in [1.29, 1.82) is 0 Å². The van der Waals surface area contributed by atoms with Crippen LogP contribution in [0.4, 0.5) is 0 Å². The van der Waals surface area contributed by atoms with Gasteiger partial charge >= 0.3 is 0 Å². The SMILES string of the molecule is C=C1/C=C\C(c2ccc(-n3c4ccccc4c4ccccc43)cc2)=C/Cc2ccccc2-c2cc(-c3c4ccccc4c(-c4ccc5ccccc5c4)c4ccccc34)c3ccccc3c21. The molecule has 1 aliphatic rings. The molecule has 0 aliphatic heterocycles. The molecule has 0 unspecified atom stereocenters. The number of allylic oxidation sites excluding steroid dienone is 5. The summed E-state index contributed by atoms with van der Waals surface area (Å²) in [7, 11) is 0. The average Bonchev–Trinajstić information content (AvgIpc) is 3.72. The molecule has 0 radical (unpaired) electrons. The lowest BCUT2D eigenvalue weighted by molar-refractivity contribution is 1.18. The lowest BCUT2D eigenvalue weighted by Gasteiger charge is -2.23. The molecule has 1 heteroatoms. The van der Waals surface area contributed by atoms with E-state index in [9.17, 15) is 0 Å². The van der Waals surface area contributed by atoms with Crippen LogP contribution < -0.4 is 0 Å². The molecule has 0 spiro atoms. The maximum Gasteiger partial charge on any atom is 0.0541 e. The van der Waals surface area contributed by atoms with Crippen LogP contribution in [0.2, 0.25) is 0 Å². The molecule has 0 amide bonds. The maximum atomic E-state index is 4.84. The van der Waals surface area contributed by atoms with Crippen molar-refractivity contribution in [3.8, 4) is 39.1 Å². The number of aromatic nitrogens is 1. The van der Waals surface area contributed by atoms with Crippen molar-refractivity contribution in [2.75, 3.05) is 0 Å². The topological polar surface area (TPSA) is 4.93 Å². The molecule has 12 aromatic rings. The molecule has 66 heavy (non-hydrogen) atoms. The fraction of sp³-hybridized carbons (Fsp3) is 0.0154. The van der Waals surface area contributed by atoms with Gasteiger partial charge < -0.3 is 4.57 Å². The standard InChI is InChI=1S/C65H43N/c1-42-30-31-44(45-36-38-49(39-37-45)66-61-28-14-12-21-52(61)53-22-13-15-29-62(53)66)32-34-46-17-4-5-19-50(46)59-41-60(51-20-6-7-23-54(51)63(42)59)65-57-26-10-8-24-55(57)64(56-25-9-11-27-58(56)65)48-35-33-43-16-2-3-18-47(43)40-48/h2-33,35-41H,1,34H2/b31-30-,44-32+. The van der Waals surface area contributed by atoms with Crippen LogP contribution in [0.25, 0.3) is 115 Å². The Kier molecular flexibility index (Phi) is 8.82. The molecule has 0 fully saturated rings. The minimum Gasteiger partial charge on any atom is -0.309 e. The van der Waals surface area contributed by atoms with Gasteiger partial charge in [0.05, 0.1) is 11.0 Å². The normalized spacial score (nSPS) is 14.1. The fourth-order valence-electron chi connectivity index (χ4n) is 11.0. The molecular weight excluding hydrogens is 795 g/mol. The Morgan fingerprint density at radius 1 is 0.348 bits per heavy atom. The van der Waals surface area contributed by atoms with Crippen LogP contribution in [0.1, 0.15) is 16.7 Å². The summed E-state index contributed by atoms with van der Waals surface area (Å²) in [6.07, 6.45) is 7.67. The van der Waals surface area contributed by atoms with E-state index in [4.69, 9.17) is 6.58 Å². The summed E-state index contributed by atoms with van der Waals surface area (Å²) >= 11 is 0. The first-order valence-electron chi connectivity index (χ1n) is 22.9. The van der Waals surface area contributed by atoms with Crippen LogP contribution in [0.5, 0.6) is 0 Å². The Morgan fingerprint density at radius 2 is 0.864 bits per heavy atom. The summed E-state index contributed by atoms with van der Waals surface area (Å²) in [6, 6.07) is 80.4. The summed E-state index contributed by atoms with van der Waals surface area (Å²) in [5.41, 5.74) is 16.8. The van der Waals surface area contributed by atoms with Crippen molar-refractivity contribution < 1.29 is 0 Å². The molecule has 1 aliphatic carbocycles. The molecule has 11 aromatic carbocycles. The van der Waals surface area contributed by atoms with E-state index in [1.54, 1.807) is 0 Å². The second-order valence-electron chi connectivity index (χ2n) is 17.6. The van der Waals surface area contributed by atoms with E-state index in [0.717, 1.165) is 17.7 Å². The van der Waals surface area contributed by atoms with Gasteiger partial charge in [-0.2, -0.15) is 0 Å². The molecule has 0 atom stereocenters. The van der Waals surface area contributed by atoms with Crippen LogP contribution in [0.15, 0.2) is 243 Å². The first kappa shape index (κ1) is 38.0. The van der Waals surface area contributed by atoms with Gasteiger partial charge in [-0.15, -0.1) is 0 Å². The lowest BCUT2D eigenvalue weighted by atomic mass is 9.80. The number of benzene rings is 11. The highest BCUT2D eigenvalue weighted by Crippen LogP contribution is 2.49.